The minimum absolute atomic E-state index is 0.182. The van der Waals surface area contributed by atoms with Crippen LogP contribution in [0.2, 0.25) is 10.0 Å². The molecule has 0 amide bonds. The Hall–Kier alpha value is -2.17. The van der Waals surface area contributed by atoms with Crippen LogP contribution in [0, 0.1) is 0 Å². The number of rotatable bonds is 6. The zero-order valence-corrected chi connectivity index (χ0v) is 13.8. The number of methoxy groups -OCH3 is 1. The fourth-order valence-electron chi connectivity index (χ4n) is 1.95. The molecule has 2 rings (SSSR count). The van der Waals surface area contributed by atoms with Crippen molar-refractivity contribution in [3.63, 3.8) is 0 Å². The number of hydrogen-bond donors (Lipinski definition) is 1. The Kier molecular flexibility index (Phi) is 5.90. The predicted octanol–water partition coefficient (Wildman–Crippen LogP) is 4.68. The lowest BCUT2D eigenvalue weighted by Crippen LogP contribution is -2.00. The predicted molar refractivity (Wildman–Crippen MR) is 90.5 cm³/mol. The van der Waals surface area contributed by atoms with E-state index in [9.17, 15) is 4.79 Å². The third-order valence-corrected chi connectivity index (χ3v) is 3.61. The fraction of sp³-hybridized carbons (Fsp3) is 0.118. The lowest BCUT2D eigenvalue weighted by Gasteiger charge is -2.13. The Morgan fingerprint density at radius 3 is 2.52 bits per heavy atom. The second kappa shape index (κ2) is 7.90. The normalized spacial score (nSPS) is 10.7. The van der Waals surface area contributed by atoms with E-state index < -0.39 is 5.97 Å². The van der Waals surface area contributed by atoms with Gasteiger partial charge in [-0.2, -0.15) is 0 Å². The summed E-state index contributed by atoms with van der Waals surface area (Å²) >= 11 is 12.1. The van der Waals surface area contributed by atoms with Gasteiger partial charge in [-0.15, -0.1) is 0 Å². The maximum Gasteiger partial charge on any atom is 0.328 e. The molecule has 1 N–H and O–H groups in total. The van der Waals surface area contributed by atoms with Gasteiger partial charge in [0, 0.05) is 11.6 Å². The molecule has 0 spiro atoms. The number of halogens is 2. The summed E-state index contributed by atoms with van der Waals surface area (Å²) in [5, 5.41) is 9.52. The summed E-state index contributed by atoms with van der Waals surface area (Å²) in [7, 11) is 1.55. The topological polar surface area (TPSA) is 55.8 Å². The van der Waals surface area contributed by atoms with Crippen molar-refractivity contribution >= 4 is 35.2 Å². The molecule has 0 saturated heterocycles. The van der Waals surface area contributed by atoms with E-state index in [1.165, 1.54) is 6.08 Å². The number of aliphatic carboxylic acids is 1. The smallest absolute Gasteiger partial charge is 0.328 e. The van der Waals surface area contributed by atoms with Crippen molar-refractivity contribution in [1.29, 1.82) is 0 Å². The van der Waals surface area contributed by atoms with Gasteiger partial charge in [0.05, 0.1) is 17.2 Å². The van der Waals surface area contributed by atoms with Gasteiger partial charge >= 0.3 is 5.97 Å². The van der Waals surface area contributed by atoms with Crippen molar-refractivity contribution in [1.82, 2.24) is 0 Å². The summed E-state index contributed by atoms with van der Waals surface area (Å²) in [4.78, 5) is 10.6. The van der Waals surface area contributed by atoms with Crippen LogP contribution in [-0.4, -0.2) is 18.2 Å². The molecule has 0 aromatic heterocycles. The molecule has 23 heavy (non-hydrogen) atoms. The molecular weight excluding hydrogens is 339 g/mol. The molecular formula is C17H14Cl2O4. The molecule has 2 aromatic rings. The van der Waals surface area contributed by atoms with Crippen molar-refractivity contribution in [2.45, 2.75) is 6.61 Å². The molecule has 0 bridgehead atoms. The zero-order chi connectivity index (χ0) is 16.8. The van der Waals surface area contributed by atoms with E-state index >= 15 is 0 Å². The van der Waals surface area contributed by atoms with Crippen LogP contribution in [-0.2, 0) is 11.4 Å². The molecule has 0 aliphatic rings. The zero-order valence-electron chi connectivity index (χ0n) is 12.3. The highest BCUT2D eigenvalue weighted by Gasteiger charge is 2.10. The molecule has 6 heteroatoms. The van der Waals surface area contributed by atoms with Crippen molar-refractivity contribution in [2.24, 2.45) is 0 Å². The summed E-state index contributed by atoms with van der Waals surface area (Å²) in [6.07, 6.45) is 2.56. The highest BCUT2D eigenvalue weighted by molar-refractivity contribution is 6.37. The number of carbonyl (C=O) groups is 1. The minimum atomic E-state index is -1.01. The molecule has 0 saturated carbocycles. The first-order valence-electron chi connectivity index (χ1n) is 6.66. The molecule has 0 fully saturated rings. The quantitative estimate of drug-likeness (QED) is 0.767. The number of para-hydroxylation sites is 1. The maximum atomic E-state index is 10.6. The number of hydrogen-bond acceptors (Lipinski definition) is 3. The second-order valence-corrected chi connectivity index (χ2v) is 5.40. The lowest BCUT2D eigenvalue weighted by molar-refractivity contribution is -0.131. The van der Waals surface area contributed by atoms with E-state index in [0.29, 0.717) is 21.5 Å². The van der Waals surface area contributed by atoms with Gasteiger partial charge in [-0.1, -0.05) is 35.3 Å². The first-order chi connectivity index (χ1) is 11.0. The summed E-state index contributed by atoms with van der Waals surface area (Å²) < 4.78 is 11.0. The van der Waals surface area contributed by atoms with Crippen LogP contribution >= 0.6 is 23.2 Å². The number of carboxylic acid groups (broad SMARTS) is 1. The molecule has 120 valence electrons. The highest BCUT2D eigenvalue weighted by Crippen LogP contribution is 2.33. The van der Waals surface area contributed by atoms with Crippen LogP contribution in [0.3, 0.4) is 0 Å². The van der Waals surface area contributed by atoms with Gasteiger partial charge in [0.2, 0.25) is 0 Å². The van der Waals surface area contributed by atoms with E-state index in [4.69, 9.17) is 37.8 Å². The van der Waals surface area contributed by atoms with Crippen molar-refractivity contribution in [2.75, 3.05) is 7.11 Å². The van der Waals surface area contributed by atoms with Gasteiger partial charge in [0.25, 0.3) is 0 Å². The van der Waals surface area contributed by atoms with Crippen molar-refractivity contribution in [3.8, 4) is 11.5 Å². The number of ether oxygens (including phenoxy) is 2. The molecule has 4 nitrogen and oxygen atoms in total. The molecule has 2 aromatic carbocycles. The Morgan fingerprint density at radius 1 is 1.22 bits per heavy atom. The lowest BCUT2D eigenvalue weighted by atomic mass is 10.1. The maximum absolute atomic E-state index is 10.6. The first kappa shape index (κ1) is 17.2. The molecule has 0 heterocycles. The van der Waals surface area contributed by atoms with Crippen LogP contribution in [0.15, 0.2) is 42.5 Å². The first-order valence-corrected chi connectivity index (χ1v) is 7.41. The number of carboxylic acids is 1. The Labute approximate surface area is 143 Å². The van der Waals surface area contributed by atoms with Gasteiger partial charge in [-0.25, -0.2) is 4.79 Å². The van der Waals surface area contributed by atoms with Crippen LogP contribution in [0.5, 0.6) is 11.5 Å². The van der Waals surface area contributed by atoms with E-state index in [2.05, 4.69) is 0 Å². The van der Waals surface area contributed by atoms with Crippen molar-refractivity contribution < 1.29 is 19.4 Å². The van der Waals surface area contributed by atoms with Gasteiger partial charge in [0.1, 0.15) is 12.4 Å². The molecule has 0 unspecified atom stereocenters. The molecule has 0 atom stereocenters. The van der Waals surface area contributed by atoms with Crippen LogP contribution < -0.4 is 9.47 Å². The fourth-order valence-corrected chi connectivity index (χ4v) is 2.46. The van der Waals surface area contributed by atoms with Gasteiger partial charge in [-0.05, 0) is 35.9 Å². The Morgan fingerprint density at radius 2 is 1.91 bits per heavy atom. The largest absolute Gasteiger partial charge is 0.496 e. The molecule has 0 aliphatic carbocycles. The van der Waals surface area contributed by atoms with Crippen LogP contribution in [0.1, 0.15) is 11.1 Å². The summed E-state index contributed by atoms with van der Waals surface area (Å²) in [6, 6.07) is 10.4. The standard InChI is InChI=1S/C17H14Cl2O4/c1-22-15-7-5-11(6-8-16(20)21)9-12(15)10-23-17-13(18)3-2-4-14(17)19/h2-9H,10H2,1H3,(H,20,21). The van der Waals surface area contributed by atoms with E-state index in [0.717, 1.165) is 17.2 Å². The second-order valence-electron chi connectivity index (χ2n) is 4.58. The van der Waals surface area contributed by atoms with E-state index in [1.807, 2.05) is 0 Å². The molecule has 0 radical (unpaired) electrons. The van der Waals surface area contributed by atoms with E-state index in [-0.39, 0.29) is 6.61 Å². The summed E-state index contributed by atoms with van der Waals surface area (Å²) in [5.74, 6) is 0.00601. The Bertz CT molecular complexity index is 721. The number of benzene rings is 2. The third-order valence-electron chi connectivity index (χ3n) is 3.01. The highest BCUT2D eigenvalue weighted by atomic mass is 35.5. The Balaban J connectivity index is 2.24. The molecule has 0 aliphatic heterocycles. The van der Waals surface area contributed by atoms with Crippen molar-refractivity contribution in [3.05, 3.63) is 63.6 Å². The third kappa shape index (κ3) is 4.65. The van der Waals surface area contributed by atoms with Crippen LogP contribution in [0.4, 0.5) is 0 Å². The van der Waals surface area contributed by atoms with Gasteiger partial charge in [0.15, 0.2) is 5.75 Å². The summed E-state index contributed by atoms with van der Waals surface area (Å²) in [6.45, 7) is 0.182. The van der Waals surface area contributed by atoms with Gasteiger partial charge < -0.3 is 14.6 Å². The summed E-state index contributed by atoms with van der Waals surface area (Å²) in [5.41, 5.74) is 1.47. The van der Waals surface area contributed by atoms with E-state index in [1.54, 1.807) is 43.5 Å². The SMILES string of the molecule is COc1ccc(C=CC(=O)O)cc1COc1c(Cl)cccc1Cl. The minimum Gasteiger partial charge on any atom is -0.496 e. The monoisotopic (exact) mass is 352 g/mol. The van der Waals surface area contributed by atoms with Gasteiger partial charge in [-0.3, -0.25) is 0 Å². The van der Waals surface area contributed by atoms with Crippen LogP contribution in [0.25, 0.3) is 6.08 Å². The average molecular weight is 353 g/mol. The average Bonchev–Trinajstić information content (AvgIpc) is 2.52.